The summed E-state index contributed by atoms with van der Waals surface area (Å²) >= 11 is 0. The molecule has 0 amide bonds. The van der Waals surface area contributed by atoms with E-state index in [0.29, 0.717) is 5.96 Å². The number of rotatable bonds is 8. The zero-order chi connectivity index (χ0) is 18.8. The standard InChI is InChI=1S/C21H29N3O2.HI/c1-4-22-20(23-15-14-17-10-12-19(26-3)13-11-17)24-16-21(2,25)18-8-6-5-7-9-18;/h5-13,25H,4,14-16H2,1-3H3,(H2,22,23,24);1H. The van der Waals surface area contributed by atoms with Gasteiger partial charge in [0.1, 0.15) is 11.4 Å². The summed E-state index contributed by atoms with van der Waals surface area (Å²) in [6.45, 7) is 5.62. The number of aliphatic hydroxyl groups is 1. The van der Waals surface area contributed by atoms with E-state index >= 15 is 0 Å². The molecule has 3 N–H and O–H groups in total. The first-order valence-corrected chi connectivity index (χ1v) is 8.98. The van der Waals surface area contributed by atoms with Crippen LogP contribution in [0.15, 0.2) is 59.6 Å². The number of halogens is 1. The number of aliphatic imine (C=N–C) groups is 1. The van der Waals surface area contributed by atoms with Gasteiger partial charge in [-0.25, -0.2) is 4.99 Å². The Kier molecular flexibility index (Phi) is 10.2. The van der Waals surface area contributed by atoms with E-state index in [1.54, 1.807) is 14.0 Å². The third kappa shape index (κ3) is 7.76. The van der Waals surface area contributed by atoms with Crippen LogP contribution < -0.4 is 15.4 Å². The maximum Gasteiger partial charge on any atom is 0.191 e. The van der Waals surface area contributed by atoms with Gasteiger partial charge in [-0.05, 0) is 43.5 Å². The van der Waals surface area contributed by atoms with E-state index in [1.165, 1.54) is 5.56 Å². The number of ether oxygens (including phenoxy) is 1. The number of methoxy groups -OCH3 is 1. The fourth-order valence-electron chi connectivity index (χ4n) is 2.58. The quantitative estimate of drug-likeness (QED) is 0.306. The molecule has 0 spiro atoms. The van der Waals surface area contributed by atoms with Crippen molar-refractivity contribution in [3.05, 3.63) is 65.7 Å². The first-order valence-electron chi connectivity index (χ1n) is 8.98. The first kappa shape index (κ1) is 23.2. The molecule has 0 radical (unpaired) electrons. The maximum absolute atomic E-state index is 10.7. The van der Waals surface area contributed by atoms with Gasteiger partial charge in [-0.2, -0.15) is 0 Å². The Labute approximate surface area is 179 Å². The first-order chi connectivity index (χ1) is 12.5. The highest BCUT2D eigenvalue weighted by molar-refractivity contribution is 14.0. The molecule has 1 unspecified atom stereocenters. The normalized spacial score (nSPS) is 13.3. The zero-order valence-electron chi connectivity index (χ0n) is 16.2. The van der Waals surface area contributed by atoms with E-state index in [2.05, 4.69) is 27.8 Å². The molecule has 2 aromatic rings. The third-order valence-corrected chi connectivity index (χ3v) is 4.15. The van der Waals surface area contributed by atoms with Crippen molar-refractivity contribution in [1.82, 2.24) is 10.6 Å². The minimum Gasteiger partial charge on any atom is -0.497 e. The molecule has 0 aromatic heterocycles. The Balaban J connectivity index is 0.00000364. The Hall–Kier alpha value is -1.80. The molecule has 27 heavy (non-hydrogen) atoms. The summed E-state index contributed by atoms with van der Waals surface area (Å²) in [4.78, 5) is 4.54. The van der Waals surface area contributed by atoms with Crippen LogP contribution in [0.5, 0.6) is 5.75 Å². The largest absolute Gasteiger partial charge is 0.497 e. The van der Waals surface area contributed by atoms with Crippen molar-refractivity contribution in [2.45, 2.75) is 25.9 Å². The number of nitrogens with zero attached hydrogens (tertiary/aromatic N) is 1. The average Bonchev–Trinajstić information content (AvgIpc) is 2.67. The van der Waals surface area contributed by atoms with Gasteiger partial charge in [0, 0.05) is 13.1 Å². The summed E-state index contributed by atoms with van der Waals surface area (Å²) in [6, 6.07) is 17.7. The number of nitrogens with one attached hydrogen (secondary N) is 2. The van der Waals surface area contributed by atoms with Gasteiger partial charge < -0.3 is 20.5 Å². The van der Waals surface area contributed by atoms with E-state index in [4.69, 9.17) is 4.74 Å². The SMILES string of the molecule is CCNC(=NCC(C)(O)c1ccccc1)NCCc1ccc(OC)cc1.I. The van der Waals surface area contributed by atoms with E-state index in [1.807, 2.05) is 49.4 Å². The van der Waals surface area contributed by atoms with Gasteiger partial charge >= 0.3 is 0 Å². The van der Waals surface area contributed by atoms with Crippen molar-refractivity contribution in [3.63, 3.8) is 0 Å². The fourth-order valence-corrected chi connectivity index (χ4v) is 2.58. The van der Waals surface area contributed by atoms with Crippen LogP contribution in [0.2, 0.25) is 0 Å². The molecule has 2 aromatic carbocycles. The van der Waals surface area contributed by atoms with E-state index in [0.717, 1.165) is 30.8 Å². The molecule has 0 aliphatic rings. The van der Waals surface area contributed by atoms with Gasteiger partial charge in [0.2, 0.25) is 0 Å². The second kappa shape index (κ2) is 11.8. The molecule has 0 saturated heterocycles. The molecule has 0 aliphatic carbocycles. The molecule has 5 nitrogen and oxygen atoms in total. The molecule has 0 bridgehead atoms. The van der Waals surface area contributed by atoms with Gasteiger partial charge in [0.25, 0.3) is 0 Å². The highest BCUT2D eigenvalue weighted by Gasteiger charge is 2.22. The molecule has 6 heteroatoms. The molecule has 0 saturated carbocycles. The van der Waals surface area contributed by atoms with Crippen LogP contribution in [0, 0.1) is 0 Å². The smallest absolute Gasteiger partial charge is 0.191 e. The van der Waals surface area contributed by atoms with E-state index in [-0.39, 0.29) is 30.5 Å². The Morgan fingerprint density at radius 2 is 1.74 bits per heavy atom. The lowest BCUT2D eigenvalue weighted by atomic mass is 9.96. The monoisotopic (exact) mass is 483 g/mol. The highest BCUT2D eigenvalue weighted by Crippen LogP contribution is 2.20. The maximum atomic E-state index is 10.7. The van der Waals surface area contributed by atoms with Crippen molar-refractivity contribution in [2.75, 3.05) is 26.7 Å². The molecule has 0 heterocycles. The van der Waals surface area contributed by atoms with Crippen LogP contribution >= 0.6 is 24.0 Å². The van der Waals surface area contributed by atoms with Crippen LogP contribution in [0.3, 0.4) is 0 Å². The minimum absolute atomic E-state index is 0. The van der Waals surface area contributed by atoms with E-state index in [9.17, 15) is 5.11 Å². The third-order valence-electron chi connectivity index (χ3n) is 4.15. The van der Waals surface area contributed by atoms with Crippen LogP contribution in [0.25, 0.3) is 0 Å². The lowest BCUT2D eigenvalue weighted by molar-refractivity contribution is 0.0672. The summed E-state index contributed by atoms with van der Waals surface area (Å²) < 4.78 is 5.18. The summed E-state index contributed by atoms with van der Waals surface area (Å²) in [5, 5.41) is 17.2. The van der Waals surface area contributed by atoms with Gasteiger partial charge in [-0.15, -0.1) is 24.0 Å². The number of benzene rings is 2. The van der Waals surface area contributed by atoms with Crippen molar-refractivity contribution in [1.29, 1.82) is 0 Å². The topological polar surface area (TPSA) is 65.9 Å². The molecule has 0 fully saturated rings. The molecule has 1 atom stereocenters. The van der Waals surface area contributed by atoms with Crippen molar-refractivity contribution in [3.8, 4) is 5.75 Å². The second-order valence-corrected chi connectivity index (χ2v) is 6.36. The second-order valence-electron chi connectivity index (χ2n) is 6.36. The molecular weight excluding hydrogens is 453 g/mol. The van der Waals surface area contributed by atoms with Crippen LogP contribution in [0.1, 0.15) is 25.0 Å². The number of hydrogen-bond acceptors (Lipinski definition) is 3. The van der Waals surface area contributed by atoms with Crippen molar-refractivity contribution < 1.29 is 9.84 Å². The average molecular weight is 483 g/mol. The Morgan fingerprint density at radius 3 is 2.33 bits per heavy atom. The van der Waals surface area contributed by atoms with Gasteiger partial charge in [-0.1, -0.05) is 42.5 Å². The zero-order valence-corrected chi connectivity index (χ0v) is 18.6. The lowest BCUT2D eigenvalue weighted by Crippen LogP contribution is -2.39. The summed E-state index contributed by atoms with van der Waals surface area (Å²) in [6.07, 6.45) is 0.878. The van der Waals surface area contributed by atoms with Gasteiger partial charge in [0.05, 0.1) is 13.7 Å². The van der Waals surface area contributed by atoms with Gasteiger partial charge in [0.15, 0.2) is 5.96 Å². The number of guanidine groups is 1. The summed E-state index contributed by atoms with van der Waals surface area (Å²) in [5.74, 6) is 1.57. The van der Waals surface area contributed by atoms with E-state index < -0.39 is 5.60 Å². The fraction of sp³-hybridized carbons (Fsp3) is 0.381. The van der Waals surface area contributed by atoms with Gasteiger partial charge in [-0.3, -0.25) is 0 Å². The molecule has 2 rings (SSSR count). The predicted octanol–water partition coefficient (Wildman–Crippen LogP) is 3.32. The highest BCUT2D eigenvalue weighted by atomic mass is 127. The van der Waals surface area contributed by atoms with Crippen LogP contribution in [-0.2, 0) is 12.0 Å². The lowest BCUT2D eigenvalue weighted by Gasteiger charge is -2.22. The van der Waals surface area contributed by atoms with Crippen molar-refractivity contribution >= 4 is 29.9 Å². The van der Waals surface area contributed by atoms with Crippen LogP contribution in [0.4, 0.5) is 0 Å². The molecule has 148 valence electrons. The molecule has 0 aliphatic heterocycles. The number of hydrogen-bond donors (Lipinski definition) is 3. The summed E-state index contributed by atoms with van der Waals surface area (Å²) in [7, 11) is 1.67. The minimum atomic E-state index is -1.00. The van der Waals surface area contributed by atoms with Crippen molar-refractivity contribution in [2.24, 2.45) is 4.99 Å². The molecular formula is C21H30IN3O2. The summed E-state index contributed by atoms with van der Waals surface area (Å²) in [5.41, 5.74) is 1.09. The van der Waals surface area contributed by atoms with Crippen LogP contribution in [-0.4, -0.2) is 37.8 Å². The Morgan fingerprint density at radius 1 is 1.07 bits per heavy atom. The predicted molar refractivity (Wildman–Crippen MR) is 122 cm³/mol. The Bertz CT molecular complexity index is 688.